The van der Waals surface area contributed by atoms with Gasteiger partial charge in [0.15, 0.2) is 5.52 Å². The second-order valence-corrected chi connectivity index (χ2v) is 3.68. The summed E-state index contributed by atoms with van der Waals surface area (Å²) in [6.45, 7) is 0.995. The number of pyridine rings is 1. The molecule has 0 saturated heterocycles. The largest absolute Gasteiger partial charge is 0.328 e. The Labute approximate surface area is 80.6 Å². The molecule has 0 aromatic carbocycles. The second-order valence-electron chi connectivity index (χ2n) is 3.68. The highest BCUT2D eigenvalue weighted by atomic mass is 16.1. The number of fused-ring (bicyclic) bond motifs is 3. The average Bonchev–Trinajstić information content (AvgIpc) is 2.59. The highest BCUT2D eigenvalue weighted by Gasteiger charge is 2.15. The van der Waals surface area contributed by atoms with Crippen LogP contribution in [0, 0.1) is 0 Å². The van der Waals surface area contributed by atoms with Crippen molar-refractivity contribution in [1.29, 1.82) is 0 Å². The van der Waals surface area contributed by atoms with Crippen LogP contribution in [0.1, 0.15) is 18.7 Å². The molecule has 0 unspecified atom stereocenters. The summed E-state index contributed by atoms with van der Waals surface area (Å²) >= 11 is 0. The fraction of sp³-hybridized carbons (Fsp3) is 0.400. The molecule has 4 nitrogen and oxygen atoms in total. The van der Waals surface area contributed by atoms with E-state index in [0.717, 1.165) is 24.3 Å². The van der Waals surface area contributed by atoms with E-state index in [2.05, 4.69) is 14.5 Å². The van der Waals surface area contributed by atoms with Gasteiger partial charge in [0.05, 0.1) is 5.52 Å². The smallest absolute Gasteiger partial charge is 0.276 e. The molecule has 4 heteroatoms. The molecule has 0 atom stereocenters. The molecule has 14 heavy (non-hydrogen) atoms. The highest BCUT2D eigenvalue weighted by molar-refractivity contribution is 5.74. The van der Waals surface area contributed by atoms with Crippen LogP contribution in [0.4, 0.5) is 0 Å². The van der Waals surface area contributed by atoms with Gasteiger partial charge in [0.25, 0.3) is 5.56 Å². The third kappa shape index (κ3) is 0.937. The average molecular weight is 189 g/mol. The molecule has 2 aromatic rings. The Morgan fingerprint density at radius 2 is 2.36 bits per heavy atom. The van der Waals surface area contributed by atoms with Gasteiger partial charge in [-0.1, -0.05) is 0 Å². The van der Waals surface area contributed by atoms with Crippen LogP contribution in [0.5, 0.6) is 0 Å². The summed E-state index contributed by atoms with van der Waals surface area (Å²) < 4.78 is 2.16. The van der Waals surface area contributed by atoms with Crippen LogP contribution < -0.4 is 5.56 Å². The lowest BCUT2D eigenvalue weighted by atomic mass is 10.2. The zero-order valence-corrected chi connectivity index (χ0v) is 7.79. The highest BCUT2D eigenvalue weighted by Crippen LogP contribution is 2.19. The topological polar surface area (TPSA) is 50.7 Å². The van der Waals surface area contributed by atoms with Crippen molar-refractivity contribution in [3.8, 4) is 0 Å². The minimum absolute atomic E-state index is 0.0793. The zero-order chi connectivity index (χ0) is 9.54. The summed E-state index contributed by atoms with van der Waals surface area (Å²) in [6, 6.07) is 1.93. The molecule has 0 saturated carbocycles. The number of rotatable bonds is 0. The Balaban J connectivity index is 2.42. The van der Waals surface area contributed by atoms with E-state index in [9.17, 15) is 4.79 Å². The number of hydrogen-bond acceptors (Lipinski definition) is 2. The van der Waals surface area contributed by atoms with E-state index in [1.807, 2.05) is 6.07 Å². The van der Waals surface area contributed by atoms with Crippen molar-refractivity contribution in [3.05, 3.63) is 28.4 Å². The summed E-state index contributed by atoms with van der Waals surface area (Å²) in [4.78, 5) is 18.5. The maximum Gasteiger partial charge on any atom is 0.276 e. The van der Waals surface area contributed by atoms with Crippen molar-refractivity contribution in [1.82, 2.24) is 14.5 Å². The van der Waals surface area contributed by atoms with Crippen molar-refractivity contribution in [2.24, 2.45) is 0 Å². The minimum atomic E-state index is -0.0793. The predicted molar refractivity (Wildman–Crippen MR) is 53.3 cm³/mol. The molecular weight excluding hydrogens is 178 g/mol. The molecule has 0 radical (unpaired) electrons. The fourth-order valence-electron chi connectivity index (χ4n) is 2.11. The number of nitrogens with one attached hydrogen (secondary N) is 1. The number of H-pyrrole nitrogens is 1. The van der Waals surface area contributed by atoms with Crippen LogP contribution in [-0.4, -0.2) is 14.5 Å². The van der Waals surface area contributed by atoms with E-state index in [1.54, 1.807) is 6.20 Å². The van der Waals surface area contributed by atoms with Gasteiger partial charge in [-0.15, -0.1) is 0 Å². The summed E-state index contributed by atoms with van der Waals surface area (Å²) in [5, 5.41) is 0. The maximum absolute atomic E-state index is 11.5. The Hall–Kier alpha value is -1.58. The number of aromatic nitrogens is 3. The Kier molecular flexibility index (Phi) is 1.50. The van der Waals surface area contributed by atoms with E-state index < -0.39 is 0 Å². The van der Waals surface area contributed by atoms with Gasteiger partial charge < -0.3 is 9.55 Å². The summed E-state index contributed by atoms with van der Waals surface area (Å²) in [7, 11) is 0. The predicted octanol–water partition coefficient (Wildman–Crippen LogP) is 1.06. The molecule has 2 aromatic heterocycles. The monoisotopic (exact) mass is 189 g/mol. The molecule has 0 aliphatic carbocycles. The van der Waals surface area contributed by atoms with E-state index in [0.29, 0.717) is 5.52 Å². The van der Waals surface area contributed by atoms with Crippen LogP contribution in [0.2, 0.25) is 0 Å². The summed E-state index contributed by atoms with van der Waals surface area (Å²) in [5.74, 6) is 1.06. The van der Waals surface area contributed by atoms with Gasteiger partial charge in [0.1, 0.15) is 5.82 Å². The first-order chi connectivity index (χ1) is 6.86. The van der Waals surface area contributed by atoms with Gasteiger partial charge in [0, 0.05) is 19.2 Å². The van der Waals surface area contributed by atoms with E-state index >= 15 is 0 Å². The lowest BCUT2D eigenvalue weighted by molar-refractivity contribution is 0.533. The number of hydrogen-bond donors (Lipinski definition) is 1. The molecule has 3 rings (SSSR count). The number of imidazole rings is 1. The Morgan fingerprint density at radius 3 is 3.29 bits per heavy atom. The Morgan fingerprint density at radius 1 is 1.43 bits per heavy atom. The lowest BCUT2D eigenvalue weighted by Gasteiger charge is -2.13. The number of aryl methyl sites for hydroxylation is 2. The molecule has 0 amide bonds. The van der Waals surface area contributed by atoms with Gasteiger partial charge in [-0.3, -0.25) is 4.79 Å². The Bertz CT molecular complexity index is 538. The van der Waals surface area contributed by atoms with Crippen molar-refractivity contribution in [3.63, 3.8) is 0 Å². The maximum atomic E-state index is 11.5. The molecular formula is C10H11N3O. The minimum Gasteiger partial charge on any atom is -0.328 e. The first kappa shape index (κ1) is 7.79. The van der Waals surface area contributed by atoms with Gasteiger partial charge in [-0.2, -0.15) is 0 Å². The van der Waals surface area contributed by atoms with Crippen molar-refractivity contribution in [2.45, 2.75) is 25.8 Å². The molecule has 1 aliphatic rings. The number of aromatic amines is 1. The lowest BCUT2D eigenvalue weighted by Crippen LogP contribution is -2.10. The molecule has 0 fully saturated rings. The van der Waals surface area contributed by atoms with E-state index in [-0.39, 0.29) is 5.56 Å². The van der Waals surface area contributed by atoms with Crippen molar-refractivity contribution in [2.75, 3.05) is 0 Å². The summed E-state index contributed by atoms with van der Waals surface area (Å²) in [6.07, 6.45) is 5.05. The van der Waals surface area contributed by atoms with Gasteiger partial charge >= 0.3 is 0 Å². The van der Waals surface area contributed by atoms with E-state index in [4.69, 9.17) is 0 Å². The molecule has 0 spiro atoms. The standard InChI is InChI=1S/C10H11N3O/c14-10-9-7(4-5-11-10)13-6-2-1-3-8(13)12-9/h4-5H,1-3,6H2,(H,11,14). The third-order valence-corrected chi connectivity index (χ3v) is 2.79. The van der Waals surface area contributed by atoms with Gasteiger partial charge in [-0.05, 0) is 18.9 Å². The summed E-state index contributed by atoms with van der Waals surface area (Å²) in [5.41, 5.74) is 1.48. The van der Waals surface area contributed by atoms with Crippen LogP contribution in [0.15, 0.2) is 17.1 Å². The molecule has 1 N–H and O–H groups in total. The number of nitrogens with zero attached hydrogens (tertiary/aromatic N) is 2. The van der Waals surface area contributed by atoms with E-state index in [1.165, 1.54) is 12.8 Å². The normalized spacial score (nSPS) is 15.7. The first-order valence-corrected chi connectivity index (χ1v) is 4.93. The SMILES string of the molecule is O=c1[nH]ccc2c1nc1n2CCCC1. The van der Waals surface area contributed by atoms with Crippen LogP contribution in [0.25, 0.3) is 11.0 Å². The molecule has 1 aliphatic heterocycles. The van der Waals surface area contributed by atoms with Gasteiger partial charge in [-0.25, -0.2) is 4.98 Å². The quantitative estimate of drug-likeness (QED) is 0.673. The zero-order valence-electron chi connectivity index (χ0n) is 7.79. The fourth-order valence-corrected chi connectivity index (χ4v) is 2.11. The third-order valence-electron chi connectivity index (χ3n) is 2.79. The van der Waals surface area contributed by atoms with Crippen LogP contribution in [0.3, 0.4) is 0 Å². The molecule has 0 bridgehead atoms. The van der Waals surface area contributed by atoms with Crippen LogP contribution in [-0.2, 0) is 13.0 Å². The second kappa shape index (κ2) is 2.70. The van der Waals surface area contributed by atoms with Crippen molar-refractivity contribution < 1.29 is 0 Å². The first-order valence-electron chi connectivity index (χ1n) is 4.93. The molecule has 3 heterocycles. The van der Waals surface area contributed by atoms with Crippen molar-refractivity contribution >= 4 is 11.0 Å². The van der Waals surface area contributed by atoms with Gasteiger partial charge in [0.2, 0.25) is 0 Å². The van der Waals surface area contributed by atoms with Crippen LogP contribution >= 0.6 is 0 Å². The molecule has 72 valence electrons.